The molecule has 4 nitrogen and oxygen atoms in total. The van der Waals surface area contributed by atoms with Gasteiger partial charge in [-0.25, -0.2) is 0 Å². The number of benzene rings is 1. The average Bonchev–Trinajstić information content (AvgIpc) is 2.05. The highest BCUT2D eigenvalue weighted by molar-refractivity contribution is 5.13. The first kappa shape index (κ1) is 8.67. The van der Waals surface area contributed by atoms with Crippen molar-refractivity contribution in [1.29, 1.82) is 0 Å². The van der Waals surface area contributed by atoms with Crippen LogP contribution in [0.3, 0.4) is 0 Å². The summed E-state index contributed by atoms with van der Waals surface area (Å²) < 4.78 is 0. The van der Waals surface area contributed by atoms with Gasteiger partial charge in [-0.2, -0.15) is 0 Å². The number of hydrogen-bond acceptors (Lipinski definition) is 3. The lowest BCUT2D eigenvalue weighted by Crippen LogP contribution is -2.21. The van der Waals surface area contributed by atoms with E-state index in [1.807, 2.05) is 30.3 Å². The summed E-state index contributed by atoms with van der Waals surface area (Å²) in [6, 6.07) is 9.57. The zero-order chi connectivity index (χ0) is 8.81. The molecule has 0 spiro atoms. The molecule has 1 aromatic rings. The molecule has 0 radical (unpaired) electrons. The van der Waals surface area contributed by atoms with E-state index >= 15 is 0 Å². The molecule has 1 rings (SSSR count). The smallest absolute Gasteiger partial charge is 0.257 e. The summed E-state index contributed by atoms with van der Waals surface area (Å²) in [5.41, 5.74) is 1.05. The molecule has 0 aliphatic carbocycles. The van der Waals surface area contributed by atoms with Crippen LogP contribution in [0.2, 0.25) is 0 Å². The molecular formula is C8H10N2O2. The van der Waals surface area contributed by atoms with Crippen LogP contribution in [0.15, 0.2) is 30.3 Å². The van der Waals surface area contributed by atoms with Crippen molar-refractivity contribution in [2.24, 2.45) is 0 Å². The van der Waals surface area contributed by atoms with E-state index in [-0.39, 0.29) is 11.6 Å². The molecule has 0 heterocycles. The molecule has 0 aliphatic heterocycles. The van der Waals surface area contributed by atoms with E-state index in [1.165, 1.54) is 0 Å². The van der Waals surface area contributed by atoms with Gasteiger partial charge in [0.05, 0.1) is 0 Å². The zero-order valence-electron chi connectivity index (χ0n) is 6.56. The fourth-order valence-electron chi connectivity index (χ4n) is 0.887. The van der Waals surface area contributed by atoms with Crippen LogP contribution in [-0.2, 0) is 6.54 Å². The van der Waals surface area contributed by atoms with E-state index < -0.39 is 0 Å². The molecule has 0 aliphatic rings. The van der Waals surface area contributed by atoms with Gasteiger partial charge < -0.3 is 0 Å². The summed E-state index contributed by atoms with van der Waals surface area (Å²) >= 11 is 0. The lowest BCUT2D eigenvalue weighted by molar-refractivity contribution is -0.485. The molecule has 0 unspecified atom stereocenters. The van der Waals surface area contributed by atoms with Crippen LogP contribution in [0.25, 0.3) is 0 Å². The second-order valence-electron chi connectivity index (χ2n) is 2.40. The first-order chi connectivity index (χ1) is 5.79. The third-order valence-electron chi connectivity index (χ3n) is 1.41. The summed E-state index contributed by atoms with van der Waals surface area (Å²) in [6.45, 7) is 0.358. The van der Waals surface area contributed by atoms with Crippen molar-refractivity contribution in [1.82, 2.24) is 5.32 Å². The Bertz CT molecular complexity index is 248. The summed E-state index contributed by atoms with van der Waals surface area (Å²) in [5, 5.41) is 12.6. The monoisotopic (exact) mass is 166 g/mol. The first-order valence-corrected chi connectivity index (χ1v) is 3.65. The molecule has 12 heavy (non-hydrogen) atoms. The Labute approximate surface area is 70.4 Å². The van der Waals surface area contributed by atoms with Gasteiger partial charge in [0, 0.05) is 11.5 Å². The molecule has 0 saturated carbocycles. The van der Waals surface area contributed by atoms with Gasteiger partial charge in [-0.05, 0) is 5.56 Å². The molecule has 0 amide bonds. The minimum atomic E-state index is -0.386. The van der Waals surface area contributed by atoms with Gasteiger partial charge in [0.15, 0.2) is 0 Å². The van der Waals surface area contributed by atoms with E-state index in [4.69, 9.17) is 0 Å². The molecule has 0 aromatic heterocycles. The maximum absolute atomic E-state index is 9.93. The number of nitrogens with one attached hydrogen (secondary N) is 1. The molecule has 1 N–H and O–H groups in total. The average molecular weight is 166 g/mol. The van der Waals surface area contributed by atoms with Gasteiger partial charge in [0.25, 0.3) is 6.67 Å². The lowest BCUT2D eigenvalue weighted by Gasteiger charge is -1.98. The Kier molecular flexibility index (Phi) is 3.22. The van der Waals surface area contributed by atoms with Gasteiger partial charge in [-0.1, -0.05) is 30.3 Å². The topological polar surface area (TPSA) is 55.2 Å². The van der Waals surface area contributed by atoms with E-state index in [2.05, 4.69) is 5.32 Å². The van der Waals surface area contributed by atoms with Crippen molar-refractivity contribution < 1.29 is 4.92 Å². The molecule has 4 heteroatoms. The van der Waals surface area contributed by atoms with Gasteiger partial charge >= 0.3 is 0 Å². The van der Waals surface area contributed by atoms with Gasteiger partial charge in [0.1, 0.15) is 0 Å². The van der Waals surface area contributed by atoms with Crippen molar-refractivity contribution in [3.63, 3.8) is 0 Å². The molecule has 0 fully saturated rings. The predicted octanol–water partition coefficient (Wildman–Crippen LogP) is 1.01. The molecule has 0 atom stereocenters. The third kappa shape index (κ3) is 3.12. The van der Waals surface area contributed by atoms with Crippen LogP contribution in [-0.4, -0.2) is 11.6 Å². The number of nitrogens with zero attached hydrogens (tertiary/aromatic N) is 1. The summed E-state index contributed by atoms with van der Waals surface area (Å²) in [4.78, 5) is 9.55. The molecule has 0 saturated heterocycles. The lowest BCUT2D eigenvalue weighted by atomic mass is 10.2. The van der Waals surface area contributed by atoms with Crippen LogP contribution in [0.4, 0.5) is 0 Å². The standard InChI is InChI=1S/C8H10N2O2/c11-10(12)7-9-6-8-4-2-1-3-5-8/h1-5,9H,6-7H2. The van der Waals surface area contributed by atoms with Crippen LogP contribution >= 0.6 is 0 Å². The van der Waals surface area contributed by atoms with Crippen molar-refractivity contribution in [2.75, 3.05) is 6.67 Å². The minimum absolute atomic E-state index is 0.186. The van der Waals surface area contributed by atoms with E-state index in [1.54, 1.807) is 0 Å². The highest BCUT2D eigenvalue weighted by Gasteiger charge is 1.94. The normalized spacial score (nSPS) is 9.67. The Balaban J connectivity index is 2.29. The fraction of sp³-hybridized carbons (Fsp3) is 0.250. The second-order valence-corrected chi connectivity index (χ2v) is 2.40. The number of nitro groups is 1. The Morgan fingerprint density at radius 3 is 2.58 bits per heavy atom. The molecular weight excluding hydrogens is 156 g/mol. The van der Waals surface area contributed by atoms with Gasteiger partial charge in [-0.15, -0.1) is 0 Å². The highest BCUT2D eigenvalue weighted by atomic mass is 16.6. The van der Waals surface area contributed by atoms with Gasteiger partial charge in [0.2, 0.25) is 0 Å². The third-order valence-corrected chi connectivity index (χ3v) is 1.41. The number of rotatable bonds is 4. The van der Waals surface area contributed by atoms with Crippen LogP contribution in [0.5, 0.6) is 0 Å². The summed E-state index contributed by atoms with van der Waals surface area (Å²) in [5.74, 6) is 0. The minimum Gasteiger partial charge on any atom is -0.263 e. The van der Waals surface area contributed by atoms with E-state index in [0.717, 1.165) is 5.56 Å². The quantitative estimate of drug-likeness (QED) is 0.412. The van der Waals surface area contributed by atoms with Crippen LogP contribution < -0.4 is 5.32 Å². The predicted molar refractivity (Wildman–Crippen MR) is 45.1 cm³/mol. The van der Waals surface area contributed by atoms with Crippen LogP contribution in [0, 0.1) is 10.1 Å². The maximum atomic E-state index is 9.93. The zero-order valence-corrected chi connectivity index (χ0v) is 6.56. The van der Waals surface area contributed by atoms with Crippen LogP contribution in [0.1, 0.15) is 5.56 Å². The van der Waals surface area contributed by atoms with E-state index in [9.17, 15) is 10.1 Å². The first-order valence-electron chi connectivity index (χ1n) is 3.65. The van der Waals surface area contributed by atoms with Crippen molar-refractivity contribution >= 4 is 0 Å². The largest absolute Gasteiger partial charge is 0.263 e. The maximum Gasteiger partial charge on any atom is 0.257 e. The Morgan fingerprint density at radius 1 is 1.33 bits per heavy atom. The van der Waals surface area contributed by atoms with E-state index in [0.29, 0.717) is 6.54 Å². The number of hydrogen-bond donors (Lipinski definition) is 1. The van der Waals surface area contributed by atoms with Crippen molar-refractivity contribution in [3.8, 4) is 0 Å². The SMILES string of the molecule is O=[N+]([O-])CNCc1ccccc1. The second kappa shape index (κ2) is 4.46. The Hall–Kier alpha value is -1.42. The highest BCUT2D eigenvalue weighted by Crippen LogP contribution is 1.96. The molecule has 0 bridgehead atoms. The molecule has 1 aromatic carbocycles. The Morgan fingerprint density at radius 2 is 2.00 bits per heavy atom. The molecule has 64 valence electrons. The fourth-order valence-corrected chi connectivity index (χ4v) is 0.887. The van der Waals surface area contributed by atoms with Gasteiger partial charge in [-0.3, -0.25) is 15.4 Å². The van der Waals surface area contributed by atoms with Crippen molar-refractivity contribution in [3.05, 3.63) is 46.0 Å². The van der Waals surface area contributed by atoms with Crippen molar-refractivity contribution in [2.45, 2.75) is 6.54 Å². The summed E-state index contributed by atoms with van der Waals surface area (Å²) in [6.07, 6.45) is 0. The summed E-state index contributed by atoms with van der Waals surface area (Å²) in [7, 11) is 0.